The van der Waals surface area contributed by atoms with Crippen LogP contribution in [-0.4, -0.2) is 22.2 Å². The van der Waals surface area contributed by atoms with Crippen LogP contribution in [0.15, 0.2) is 69.2 Å². The van der Waals surface area contributed by atoms with E-state index >= 15 is 0 Å². The summed E-state index contributed by atoms with van der Waals surface area (Å²) >= 11 is 1.82. The minimum absolute atomic E-state index is 0. The number of benzene rings is 2. The summed E-state index contributed by atoms with van der Waals surface area (Å²) in [5.74, 6) is 1.31. The first kappa shape index (κ1) is 58.0. The van der Waals surface area contributed by atoms with Gasteiger partial charge in [0.2, 0.25) is 0 Å². The Balaban J connectivity index is -0.000000115. The van der Waals surface area contributed by atoms with Crippen molar-refractivity contribution < 1.29 is 36.8 Å². The van der Waals surface area contributed by atoms with E-state index in [4.69, 9.17) is 0 Å². The zero-order valence-electron chi connectivity index (χ0n) is 33.6. The molecule has 0 saturated heterocycles. The van der Waals surface area contributed by atoms with Gasteiger partial charge < -0.3 is 35.9 Å². The molecule has 0 spiro atoms. The summed E-state index contributed by atoms with van der Waals surface area (Å²) in [6, 6.07) is 17.4. The molecule has 0 radical (unpaired) electrons. The van der Waals surface area contributed by atoms with E-state index in [1.54, 1.807) is 0 Å². The molecule has 2 aromatic carbocycles. The Hall–Kier alpha value is -1.22. The van der Waals surface area contributed by atoms with E-state index < -0.39 is 0 Å². The fourth-order valence-electron chi connectivity index (χ4n) is 2.48. The van der Waals surface area contributed by atoms with Gasteiger partial charge in [-0.25, -0.2) is 0 Å². The SMILES string of the molecule is CC(C)(C)N=N[N-]C(C)(C)C.CC(C)(C)N=N[N-]C(C)(C)C.Cc1ccc(C(C)C)cc1.Cc1ccc(C(C)C)cc1.[CH3-].[CH3-].[Cl][Ru+2].[RuH+2]. The van der Waals surface area contributed by atoms with E-state index in [1.165, 1.54) is 22.3 Å². The molecule has 0 saturated carbocycles. The fraction of sp³-hybridized carbons (Fsp3) is 0.632. The second kappa shape index (κ2) is 28.6. The zero-order chi connectivity index (χ0) is 35.4. The van der Waals surface area contributed by atoms with Crippen molar-refractivity contribution in [2.75, 3.05) is 0 Å². The van der Waals surface area contributed by atoms with Crippen LogP contribution in [0.25, 0.3) is 10.9 Å². The first-order chi connectivity index (χ1) is 19.8. The van der Waals surface area contributed by atoms with Crippen LogP contribution in [0.4, 0.5) is 0 Å². The third kappa shape index (κ3) is 44.8. The average molecular weight is 850 g/mol. The van der Waals surface area contributed by atoms with E-state index in [2.05, 4.69) is 131 Å². The van der Waals surface area contributed by atoms with Crippen LogP contribution in [0, 0.1) is 28.7 Å². The van der Waals surface area contributed by atoms with Gasteiger partial charge in [-0.3, -0.25) is 10.4 Å². The summed E-state index contributed by atoms with van der Waals surface area (Å²) in [5.41, 5.74) is 13.1. The van der Waals surface area contributed by atoms with Crippen LogP contribution in [-0.2, 0) is 36.8 Å². The van der Waals surface area contributed by atoms with Crippen LogP contribution in [0.3, 0.4) is 0 Å². The summed E-state index contributed by atoms with van der Waals surface area (Å²) in [7, 11) is 4.57. The molecular formula is C38H71ClN6Ru2. The Kier molecular flexibility index (Phi) is 35.3. The molecule has 0 aliphatic rings. The van der Waals surface area contributed by atoms with Gasteiger partial charge in [-0.05, 0) is 59.0 Å². The molecule has 47 heavy (non-hydrogen) atoms. The van der Waals surface area contributed by atoms with Crippen LogP contribution >= 0.6 is 9.69 Å². The molecule has 0 aliphatic heterocycles. The van der Waals surface area contributed by atoms with Crippen molar-refractivity contribution in [3.05, 3.63) is 96.5 Å². The normalized spacial score (nSPS) is 11.1. The Morgan fingerprint density at radius 1 is 0.511 bits per heavy atom. The molecular weight excluding hydrogens is 778 g/mol. The average Bonchev–Trinajstić information content (AvgIpc) is 2.84. The predicted octanol–water partition coefficient (Wildman–Crippen LogP) is 14.2. The molecule has 0 bridgehead atoms. The number of halogens is 1. The molecule has 276 valence electrons. The van der Waals surface area contributed by atoms with Gasteiger partial charge in [0.15, 0.2) is 0 Å². The summed E-state index contributed by atoms with van der Waals surface area (Å²) in [5, 5.41) is 15.5. The van der Waals surface area contributed by atoms with Crippen LogP contribution in [0.2, 0.25) is 0 Å². The van der Waals surface area contributed by atoms with Gasteiger partial charge >= 0.3 is 46.5 Å². The zero-order valence-corrected chi connectivity index (χ0v) is 37.9. The molecule has 0 aliphatic carbocycles. The van der Waals surface area contributed by atoms with Crippen LogP contribution < -0.4 is 0 Å². The molecule has 9 heteroatoms. The quantitative estimate of drug-likeness (QED) is 0.127. The van der Waals surface area contributed by atoms with Crippen LogP contribution in [0.1, 0.15) is 145 Å². The molecule has 0 unspecified atom stereocenters. The molecule has 2 aromatic rings. The fourth-order valence-corrected chi connectivity index (χ4v) is 2.48. The summed E-state index contributed by atoms with van der Waals surface area (Å²) < 4.78 is 0. The van der Waals surface area contributed by atoms with Crippen molar-refractivity contribution in [3.8, 4) is 0 Å². The van der Waals surface area contributed by atoms with E-state index in [9.17, 15) is 0 Å². The Morgan fingerprint density at radius 3 is 0.872 bits per heavy atom. The third-order valence-electron chi connectivity index (χ3n) is 4.87. The van der Waals surface area contributed by atoms with Gasteiger partial charge in [-0.1, -0.05) is 170 Å². The molecule has 0 amide bonds. The maximum atomic E-state index is 4.57. The summed E-state index contributed by atoms with van der Waals surface area (Å²) in [6.07, 6.45) is 0. The molecule has 0 heterocycles. The molecule has 0 fully saturated rings. The van der Waals surface area contributed by atoms with Gasteiger partial charge in [0, 0.05) is 0 Å². The molecule has 0 N–H and O–H groups in total. The van der Waals surface area contributed by atoms with E-state index in [0.717, 1.165) is 0 Å². The second-order valence-electron chi connectivity index (χ2n) is 15.4. The molecule has 6 nitrogen and oxygen atoms in total. The van der Waals surface area contributed by atoms with Crippen molar-refractivity contribution in [2.24, 2.45) is 20.7 Å². The number of nitrogens with zero attached hydrogens (tertiary/aromatic N) is 6. The van der Waals surface area contributed by atoms with Gasteiger partial charge in [0.1, 0.15) is 0 Å². The van der Waals surface area contributed by atoms with Crippen molar-refractivity contribution in [1.29, 1.82) is 0 Å². The number of hydrogen-bond acceptors (Lipinski definition) is 4. The number of rotatable bonds is 4. The van der Waals surface area contributed by atoms with Crippen molar-refractivity contribution in [2.45, 2.75) is 159 Å². The van der Waals surface area contributed by atoms with Gasteiger partial charge in [0.25, 0.3) is 0 Å². The van der Waals surface area contributed by atoms with Crippen molar-refractivity contribution in [1.82, 2.24) is 0 Å². The number of aryl methyl sites for hydroxylation is 2. The Labute approximate surface area is 320 Å². The van der Waals surface area contributed by atoms with E-state index in [1.807, 2.05) is 100 Å². The van der Waals surface area contributed by atoms with Crippen LogP contribution in [0.5, 0.6) is 0 Å². The minimum atomic E-state index is -0.116. The topological polar surface area (TPSA) is 77.6 Å². The van der Waals surface area contributed by atoms with Crippen molar-refractivity contribution >= 4 is 9.69 Å². The first-order valence-electron chi connectivity index (χ1n) is 15.4. The van der Waals surface area contributed by atoms with E-state index in [0.29, 0.717) is 11.8 Å². The Morgan fingerprint density at radius 2 is 0.723 bits per heavy atom. The maximum absolute atomic E-state index is 4.57. The number of hydrogen-bond donors (Lipinski definition) is 0. The molecule has 0 aromatic heterocycles. The van der Waals surface area contributed by atoms with Crippen molar-refractivity contribution in [3.63, 3.8) is 0 Å². The molecule has 2 rings (SSSR count). The van der Waals surface area contributed by atoms with Gasteiger partial charge in [-0.15, -0.1) is 0 Å². The second-order valence-corrected chi connectivity index (χ2v) is 15.4. The third-order valence-corrected chi connectivity index (χ3v) is 4.87. The van der Waals surface area contributed by atoms with E-state index in [-0.39, 0.29) is 56.5 Å². The summed E-state index contributed by atoms with van der Waals surface area (Å²) in [4.78, 5) is 0. The van der Waals surface area contributed by atoms with Gasteiger partial charge in [-0.2, -0.15) is 0 Å². The monoisotopic (exact) mass is 850 g/mol. The van der Waals surface area contributed by atoms with Gasteiger partial charge in [0.05, 0.1) is 0 Å². The predicted molar refractivity (Wildman–Crippen MR) is 206 cm³/mol. The first-order valence-corrected chi connectivity index (χ1v) is 17.6. The molecule has 0 atom stereocenters. The Bertz CT molecular complexity index is 939. The summed E-state index contributed by atoms with van der Waals surface area (Å²) in [6.45, 7) is 37.0. The standard InChI is InChI=1S/2C10H14.2C8H18N3.2CH3.ClH.2Ru.H/c2*1-8(2)10-6-4-9(3)5-7-10;2*1-7(2,3)9-11-10-8(4,5)6;;;;;;/h2*4-8H,1-3H3;2*1-6H3;2*1H3;1H;;;/q;;4*-1;;+2;+3;/p-1.